The predicted molar refractivity (Wildman–Crippen MR) is 84.7 cm³/mol. The summed E-state index contributed by atoms with van der Waals surface area (Å²) in [5.74, 6) is 0. The molecule has 1 unspecified atom stereocenters. The molecular weight excluding hydrogens is 314 g/mol. The van der Waals surface area contributed by atoms with E-state index in [0.717, 1.165) is 36.3 Å². The fourth-order valence-corrected chi connectivity index (χ4v) is 3.14. The van der Waals surface area contributed by atoms with Crippen molar-refractivity contribution in [3.8, 4) is 0 Å². The lowest BCUT2D eigenvalue weighted by Gasteiger charge is -2.35. The van der Waals surface area contributed by atoms with Gasteiger partial charge in [0.25, 0.3) is 0 Å². The van der Waals surface area contributed by atoms with Gasteiger partial charge in [-0.05, 0) is 29.8 Å². The second-order valence-electron chi connectivity index (χ2n) is 5.00. The van der Waals surface area contributed by atoms with Crippen molar-refractivity contribution in [2.75, 3.05) is 26.2 Å². The second-order valence-corrected chi connectivity index (χ2v) is 5.91. The van der Waals surface area contributed by atoms with Gasteiger partial charge in [0.1, 0.15) is 0 Å². The summed E-state index contributed by atoms with van der Waals surface area (Å²) in [5.41, 5.74) is 2.41. The lowest BCUT2D eigenvalue weighted by molar-refractivity contribution is 0.195. The van der Waals surface area contributed by atoms with E-state index in [1.807, 2.05) is 12.3 Å². The standard InChI is InChI=1S/C16H18BrN3/c17-14-5-3-4-13(12-14)16(15-6-1-2-7-19-15)20-10-8-18-9-11-20/h1-7,12,16,18H,8-11H2. The number of nitrogens with zero attached hydrogens (tertiary/aromatic N) is 2. The number of hydrogen-bond donors (Lipinski definition) is 1. The molecule has 104 valence electrons. The van der Waals surface area contributed by atoms with Crippen molar-refractivity contribution in [2.24, 2.45) is 0 Å². The molecular formula is C16H18BrN3. The summed E-state index contributed by atoms with van der Waals surface area (Å²) in [6.07, 6.45) is 1.88. The lowest BCUT2D eigenvalue weighted by Crippen LogP contribution is -2.45. The molecule has 1 aliphatic heterocycles. The summed E-state index contributed by atoms with van der Waals surface area (Å²) < 4.78 is 1.12. The zero-order valence-electron chi connectivity index (χ0n) is 11.3. The third kappa shape index (κ3) is 3.08. The van der Waals surface area contributed by atoms with E-state index in [0.29, 0.717) is 0 Å². The fourth-order valence-electron chi connectivity index (χ4n) is 2.72. The quantitative estimate of drug-likeness (QED) is 0.937. The summed E-state index contributed by atoms with van der Waals surface area (Å²) in [7, 11) is 0. The van der Waals surface area contributed by atoms with Crippen LogP contribution < -0.4 is 5.32 Å². The Bertz CT molecular complexity index is 553. The molecule has 20 heavy (non-hydrogen) atoms. The van der Waals surface area contributed by atoms with Crippen LogP contribution in [0.25, 0.3) is 0 Å². The molecule has 1 saturated heterocycles. The highest BCUT2D eigenvalue weighted by atomic mass is 79.9. The van der Waals surface area contributed by atoms with Gasteiger partial charge >= 0.3 is 0 Å². The zero-order valence-corrected chi connectivity index (χ0v) is 12.9. The molecule has 1 atom stereocenters. The van der Waals surface area contributed by atoms with Gasteiger partial charge in [0.2, 0.25) is 0 Å². The Balaban J connectivity index is 1.98. The van der Waals surface area contributed by atoms with Crippen LogP contribution >= 0.6 is 15.9 Å². The van der Waals surface area contributed by atoms with Crippen LogP contribution in [0.2, 0.25) is 0 Å². The fraction of sp³-hybridized carbons (Fsp3) is 0.312. The molecule has 0 amide bonds. The highest BCUT2D eigenvalue weighted by molar-refractivity contribution is 9.10. The monoisotopic (exact) mass is 331 g/mol. The molecule has 3 rings (SSSR count). The van der Waals surface area contributed by atoms with Crippen LogP contribution in [-0.4, -0.2) is 36.1 Å². The Morgan fingerprint density at radius 1 is 1.10 bits per heavy atom. The number of hydrogen-bond acceptors (Lipinski definition) is 3. The van der Waals surface area contributed by atoms with Gasteiger partial charge in [-0.1, -0.05) is 34.1 Å². The maximum atomic E-state index is 4.58. The summed E-state index contributed by atoms with van der Waals surface area (Å²) in [5, 5.41) is 3.41. The van der Waals surface area contributed by atoms with Gasteiger partial charge in [0, 0.05) is 36.8 Å². The normalized spacial score (nSPS) is 17.9. The summed E-state index contributed by atoms with van der Waals surface area (Å²) >= 11 is 3.58. The number of nitrogens with one attached hydrogen (secondary N) is 1. The maximum absolute atomic E-state index is 4.58. The van der Waals surface area contributed by atoms with Crippen LogP contribution in [-0.2, 0) is 0 Å². The zero-order chi connectivity index (χ0) is 13.8. The van der Waals surface area contributed by atoms with E-state index < -0.39 is 0 Å². The number of aromatic nitrogens is 1. The smallest absolute Gasteiger partial charge is 0.0777 e. The van der Waals surface area contributed by atoms with E-state index in [9.17, 15) is 0 Å². The van der Waals surface area contributed by atoms with E-state index in [4.69, 9.17) is 0 Å². The summed E-state index contributed by atoms with van der Waals surface area (Å²) in [6.45, 7) is 4.18. The minimum Gasteiger partial charge on any atom is -0.314 e. The predicted octanol–water partition coefficient (Wildman–Crippen LogP) is 2.84. The Morgan fingerprint density at radius 3 is 2.65 bits per heavy atom. The van der Waals surface area contributed by atoms with E-state index in [1.165, 1.54) is 5.56 Å². The number of halogens is 1. The SMILES string of the molecule is Brc1cccc(C(c2ccccn2)N2CCNCC2)c1. The molecule has 1 aromatic heterocycles. The number of rotatable bonds is 3. The van der Waals surface area contributed by atoms with E-state index in [1.54, 1.807) is 0 Å². The molecule has 3 nitrogen and oxygen atoms in total. The molecule has 1 fully saturated rings. The maximum Gasteiger partial charge on any atom is 0.0777 e. The molecule has 2 heterocycles. The Hall–Kier alpha value is -1.23. The molecule has 0 radical (unpaired) electrons. The van der Waals surface area contributed by atoms with Crippen molar-refractivity contribution >= 4 is 15.9 Å². The number of piperazine rings is 1. The highest BCUT2D eigenvalue weighted by Gasteiger charge is 2.24. The average Bonchev–Trinajstić information content (AvgIpc) is 2.50. The van der Waals surface area contributed by atoms with Crippen molar-refractivity contribution in [2.45, 2.75) is 6.04 Å². The van der Waals surface area contributed by atoms with Crippen LogP contribution in [0.5, 0.6) is 0 Å². The molecule has 0 bridgehead atoms. The number of benzene rings is 1. The van der Waals surface area contributed by atoms with Gasteiger partial charge in [-0.15, -0.1) is 0 Å². The molecule has 0 saturated carbocycles. The Kier molecular flexibility index (Phi) is 4.45. The van der Waals surface area contributed by atoms with Gasteiger partial charge in [0.15, 0.2) is 0 Å². The van der Waals surface area contributed by atoms with E-state index >= 15 is 0 Å². The van der Waals surface area contributed by atoms with Crippen LogP contribution in [0.4, 0.5) is 0 Å². The molecule has 1 aromatic carbocycles. The first-order chi connectivity index (χ1) is 9.84. The molecule has 0 spiro atoms. The summed E-state index contributed by atoms with van der Waals surface area (Å²) in [6, 6.07) is 14.9. The van der Waals surface area contributed by atoms with Crippen LogP contribution in [0.3, 0.4) is 0 Å². The Labute approximate surface area is 128 Å². The average molecular weight is 332 g/mol. The van der Waals surface area contributed by atoms with Crippen LogP contribution in [0.1, 0.15) is 17.3 Å². The molecule has 1 aliphatic rings. The largest absolute Gasteiger partial charge is 0.314 e. The van der Waals surface area contributed by atoms with E-state index in [-0.39, 0.29) is 6.04 Å². The van der Waals surface area contributed by atoms with Gasteiger partial charge in [-0.2, -0.15) is 0 Å². The molecule has 0 aliphatic carbocycles. The van der Waals surface area contributed by atoms with Crippen LogP contribution in [0.15, 0.2) is 53.1 Å². The molecule has 4 heteroatoms. The van der Waals surface area contributed by atoms with Crippen molar-refractivity contribution in [1.29, 1.82) is 0 Å². The second kappa shape index (κ2) is 6.48. The lowest BCUT2D eigenvalue weighted by atomic mass is 10.0. The van der Waals surface area contributed by atoms with Crippen LogP contribution in [0, 0.1) is 0 Å². The number of pyridine rings is 1. The molecule has 2 aromatic rings. The highest BCUT2D eigenvalue weighted by Crippen LogP contribution is 2.29. The first kappa shape index (κ1) is 13.7. The van der Waals surface area contributed by atoms with Crippen molar-refractivity contribution in [1.82, 2.24) is 15.2 Å². The third-order valence-electron chi connectivity index (χ3n) is 3.65. The van der Waals surface area contributed by atoms with Crippen molar-refractivity contribution < 1.29 is 0 Å². The minimum absolute atomic E-state index is 0.232. The van der Waals surface area contributed by atoms with Crippen molar-refractivity contribution in [3.63, 3.8) is 0 Å². The first-order valence-corrected chi connectivity index (χ1v) is 7.75. The first-order valence-electron chi connectivity index (χ1n) is 6.96. The van der Waals surface area contributed by atoms with Gasteiger partial charge in [-0.25, -0.2) is 0 Å². The Morgan fingerprint density at radius 2 is 1.95 bits per heavy atom. The third-order valence-corrected chi connectivity index (χ3v) is 4.14. The van der Waals surface area contributed by atoms with Crippen molar-refractivity contribution in [3.05, 3.63) is 64.4 Å². The van der Waals surface area contributed by atoms with Gasteiger partial charge in [0.05, 0.1) is 11.7 Å². The minimum atomic E-state index is 0.232. The topological polar surface area (TPSA) is 28.2 Å². The summed E-state index contributed by atoms with van der Waals surface area (Å²) in [4.78, 5) is 7.08. The molecule has 1 N–H and O–H groups in total. The van der Waals surface area contributed by atoms with E-state index in [2.05, 4.69) is 67.5 Å². The van der Waals surface area contributed by atoms with Gasteiger partial charge in [-0.3, -0.25) is 9.88 Å². The van der Waals surface area contributed by atoms with Gasteiger partial charge < -0.3 is 5.32 Å².